The van der Waals surface area contributed by atoms with Gasteiger partial charge in [0.05, 0.1) is 18.7 Å². The molecule has 0 heterocycles. The molecule has 0 saturated heterocycles. The third kappa shape index (κ3) is 3.72. The fourth-order valence-corrected chi connectivity index (χ4v) is 2.21. The molecule has 0 spiro atoms. The maximum atomic E-state index is 12.0. The molecule has 3 nitrogen and oxygen atoms in total. The van der Waals surface area contributed by atoms with E-state index in [1.807, 2.05) is 67.6 Å². The van der Waals surface area contributed by atoms with Gasteiger partial charge in [0.1, 0.15) is 0 Å². The van der Waals surface area contributed by atoms with Crippen molar-refractivity contribution < 1.29 is 9.53 Å². The molecule has 0 bridgehead atoms. The fraction of sp³-hybridized carbons (Fsp3) is 0.167. The van der Waals surface area contributed by atoms with Crippen molar-refractivity contribution in [2.45, 2.75) is 13.0 Å². The topological polar surface area (TPSA) is 38.3 Å². The predicted octanol–water partition coefficient (Wildman–Crippen LogP) is 3.96. The number of allylic oxidation sites excluding steroid dienone is 1. The molecule has 1 N–H and O–H groups in total. The number of esters is 1. The van der Waals surface area contributed by atoms with Crippen LogP contribution in [0, 0.1) is 0 Å². The van der Waals surface area contributed by atoms with Gasteiger partial charge in [0.15, 0.2) is 0 Å². The first kappa shape index (κ1) is 14.9. The van der Waals surface area contributed by atoms with Crippen LogP contribution in [0.5, 0.6) is 0 Å². The number of para-hydroxylation sites is 1. The molecule has 0 aliphatic carbocycles. The summed E-state index contributed by atoms with van der Waals surface area (Å²) >= 11 is 0. The summed E-state index contributed by atoms with van der Waals surface area (Å²) in [4.78, 5) is 12.0. The first-order valence-electron chi connectivity index (χ1n) is 6.87. The lowest BCUT2D eigenvalue weighted by Crippen LogP contribution is -2.20. The molecule has 1 atom stereocenters. The first-order chi connectivity index (χ1) is 10.3. The number of hydrogen-bond acceptors (Lipinski definition) is 3. The van der Waals surface area contributed by atoms with Gasteiger partial charge < -0.3 is 10.1 Å². The Morgan fingerprint density at radius 2 is 1.62 bits per heavy atom. The van der Waals surface area contributed by atoms with E-state index in [-0.39, 0.29) is 12.0 Å². The number of hydrogen-bond donors (Lipinski definition) is 1. The Morgan fingerprint density at radius 3 is 2.14 bits per heavy atom. The van der Waals surface area contributed by atoms with E-state index >= 15 is 0 Å². The molecule has 1 unspecified atom stereocenters. The van der Waals surface area contributed by atoms with Crippen LogP contribution in [0.3, 0.4) is 0 Å². The van der Waals surface area contributed by atoms with E-state index in [2.05, 4.69) is 5.32 Å². The number of rotatable bonds is 5. The Balaban J connectivity index is 2.37. The van der Waals surface area contributed by atoms with Crippen LogP contribution < -0.4 is 5.32 Å². The molecule has 3 heteroatoms. The van der Waals surface area contributed by atoms with E-state index < -0.39 is 0 Å². The average molecular weight is 281 g/mol. The van der Waals surface area contributed by atoms with Crippen LogP contribution in [-0.4, -0.2) is 13.1 Å². The lowest BCUT2D eigenvalue weighted by atomic mass is 9.98. The normalized spacial score (nSPS) is 12.6. The summed E-state index contributed by atoms with van der Waals surface area (Å²) in [6.45, 7) is 1.84. The van der Waals surface area contributed by atoms with Crippen molar-refractivity contribution >= 4 is 11.7 Å². The summed E-state index contributed by atoms with van der Waals surface area (Å²) in [6.07, 6.45) is 1.79. The minimum absolute atomic E-state index is 0.244. The van der Waals surface area contributed by atoms with Gasteiger partial charge in [-0.2, -0.15) is 0 Å². The van der Waals surface area contributed by atoms with Crippen LogP contribution in [0.4, 0.5) is 5.69 Å². The van der Waals surface area contributed by atoms with Crippen molar-refractivity contribution in [1.82, 2.24) is 0 Å². The minimum atomic E-state index is -0.324. The lowest BCUT2D eigenvalue weighted by Gasteiger charge is -2.22. The van der Waals surface area contributed by atoms with Crippen LogP contribution in [0.2, 0.25) is 0 Å². The highest BCUT2D eigenvalue weighted by atomic mass is 16.5. The second kappa shape index (κ2) is 7.29. The molecule has 0 amide bonds. The highest BCUT2D eigenvalue weighted by Crippen LogP contribution is 2.27. The lowest BCUT2D eigenvalue weighted by molar-refractivity contribution is -0.136. The Bertz CT molecular complexity index is 606. The third-order valence-electron chi connectivity index (χ3n) is 3.26. The van der Waals surface area contributed by atoms with Crippen molar-refractivity contribution in [3.8, 4) is 0 Å². The van der Waals surface area contributed by atoms with Gasteiger partial charge in [0.25, 0.3) is 0 Å². The van der Waals surface area contributed by atoms with Crippen LogP contribution in [0.25, 0.3) is 0 Å². The number of carbonyl (C=O) groups excluding carboxylic acids is 1. The van der Waals surface area contributed by atoms with Crippen molar-refractivity contribution in [2.75, 3.05) is 12.4 Å². The Hall–Kier alpha value is -2.55. The third-order valence-corrected chi connectivity index (χ3v) is 3.26. The molecule has 2 rings (SSSR count). The van der Waals surface area contributed by atoms with E-state index in [1.54, 1.807) is 6.08 Å². The summed E-state index contributed by atoms with van der Waals surface area (Å²) in [7, 11) is 1.40. The highest BCUT2D eigenvalue weighted by molar-refractivity contribution is 5.90. The predicted molar refractivity (Wildman–Crippen MR) is 85.0 cm³/mol. The van der Waals surface area contributed by atoms with Crippen molar-refractivity contribution in [2.24, 2.45) is 0 Å². The molecule has 0 saturated carbocycles. The summed E-state index contributed by atoms with van der Waals surface area (Å²) in [6, 6.07) is 19.4. The molecule has 2 aromatic carbocycles. The molecule has 108 valence electrons. The van der Waals surface area contributed by atoms with Crippen molar-refractivity contribution in [3.05, 3.63) is 77.9 Å². The molecular weight excluding hydrogens is 262 g/mol. The van der Waals surface area contributed by atoms with Crippen LogP contribution in [-0.2, 0) is 9.53 Å². The number of ether oxygens (including phenoxy) is 1. The van der Waals surface area contributed by atoms with E-state index in [0.717, 1.165) is 11.3 Å². The van der Waals surface area contributed by atoms with Gasteiger partial charge in [0, 0.05) is 5.69 Å². The van der Waals surface area contributed by atoms with Gasteiger partial charge >= 0.3 is 5.97 Å². The van der Waals surface area contributed by atoms with Crippen LogP contribution >= 0.6 is 0 Å². The van der Waals surface area contributed by atoms with Gasteiger partial charge in [-0.25, -0.2) is 4.79 Å². The maximum absolute atomic E-state index is 12.0. The van der Waals surface area contributed by atoms with Crippen LogP contribution in [0.1, 0.15) is 18.5 Å². The smallest absolute Gasteiger partial charge is 0.335 e. The molecule has 21 heavy (non-hydrogen) atoms. The second-order valence-electron chi connectivity index (χ2n) is 4.59. The van der Waals surface area contributed by atoms with Gasteiger partial charge in [-0.3, -0.25) is 0 Å². The fourth-order valence-electron chi connectivity index (χ4n) is 2.21. The molecule has 2 aromatic rings. The van der Waals surface area contributed by atoms with Crippen molar-refractivity contribution in [3.63, 3.8) is 0 Å². The summed E-state index contributed by atoms with van der Waals surface area (Å²) < 4.78 is 4.90. The monoisotopic (exact) mass is 281 g/mol. The zero-order chi connectivity index (χ0) is 15.1. The molecule has 0 fully saturated rings. The first-order valence-corrected chi connectivity index (χ1v) is 6.87. The van der Waals surface area contributed by atoms with Gasteiger partial charge in [-0.15, -0.1) is 0 Å². The van der Waals surface area contributed by atoms with Crippen molar-refractivity contribution in [1.29, 1.82) is 0 Å². The van der Waals surface area contributed by atoms with Gasteiger partial charge in [-0.1, -0.05) is 54.6 Å². The standard InChI is InChI=1S/C18H19NO2/c1-3-16(18(20)21-2)17(14-10-6-4-7-11-14)19-15-12-8-5-9-13-15/h3-13,17,19H,1-2H3/b16-3+. The zero-order valence-corrected chi connectivity index (χ0v) is 12.2. The highest BCUT2D eigenvalue weighted by Gasteiger charge is 2.22. The molecule has 0 radical (unpaired) electrons. The Labute approximate surface area is 125 Å². The summed E-state index contributed by atoms with van der Waals surface area (Å²) in [5, 5.41) is 3.39. The van der Waals surface area contributed by atoms with E-state index in [0.29, 0.717) is 5.57 Å². The number of benzene rings is 2. The number of carbonyl (C=O) groups is 1. The molecule has 0 aliphatic rings. The number of anilines is 1. The summed E-state index contributed by atoms with van der Waals surface area (Å²) in [5.41, 5.74) is 2.56. The van der Waals surface area contributed by atoms with E-state index in [4.69, 9.17) is 4.74 Å². The minimum Gasteiger partial charge on any atom is -0.466 e. The van der Waals surface area contributed by atoms with Gasteiger partial charge in [0.2, 0.25) is 0 Å². The maximum Gasteiger partial charge on any atom is 0.335 e. The zero-order valence-electron chi connectivity index (χ0n) is 12.2. The van der Waals surface area contributed by atoms with E-state index in [1.165, 1.54) is 7.11 Å². The molecular formula is C18H19NO2. The van der Waals surface area contributed by atoms with E-state index in [9.17, 15) is 4.79 Å². The largest absolute Gasteiger partial charge is 0.466 e. The summed E-state index contributed by atoms with van der Waals surface area (Å²) in [5.74, 6) is -0.324. The quantitative estimate of drug-likeness (QED) is 0.666. The Kier molecular flexibility index (Phi) is 5.16. The molecule has 0 aliphatic heterocycles. The number of methoxy groups -OCH3 is 1. The number of nitrogens with one attached hydrogen (secondary N) is 1. The average Bonchev–Trinajstić information content (AvgIpc) is 2.56. The molecule has 0 aromatic heterocycles. The van der Waals surface area contributed by atoms with Crippen LogP contribution in [0.15, 0.2) is 72.3 Å². The van der Waals surface area contributed by atoms with Gasteiger partial charge in [-0.05, 0) is 24.6 Å². The second-order valence-corrected chi connectivity index (χ2v) is 4.59. The Morgan fingerprint density at radius 1 is 1.05 bits per heavy atom. The SMILES string of the molecule is C/C=C(/C(=O)OC)C(Nc1ccccc1)c1ccccc1.